The molecule has 4 nitrogen and oxygen atoms in total. The third kappa shape index (κ3) is 3.50. The van der Waals surface area contributed by atoms with Crippen molar-refractivity contribution in [2.75, 3.05) is 13.2 Å². The molecular weight excluding hydrogens is 390 g/mol. The molecule has 1 N–H and O–H groups in total. The number of hydrogen-bond donors (Lipinski definition) is 1. The highest BCUT2D eigenvalue weighted by Crippen LogP contribution is 2.47. The van der Waals surface area contributed by atoms with Crippen LogP contribution in [0, 0.1) is 11.7 Å². The number of aromatic nitrogens is 1. The molecule has 1 aromatic carbocycles. The molecule has 2 atom stereocenters. The number of hydrogen-bond acceptors (Lipinski definition) is 3. The van der Waals surface area contributed by atoms with Crippen molar-refractivity contribution in [1.29, 1.82) is 0 Å². The van der Waals surface area contributed by atoms with Crippen LogP contribution in [0.4, 0.5) is 4.39 Å². The second-order valence-corrected chi connectivity index (χ2v) is 8.06. The van der Waals surface area contributed by atoms with Gasteiger partial charge in [0.25, 0.3) is 0 Å². The summed E-state index contributed by atoms with van der Waals surface area (Å²) in [5, 5.41) is 2.69. The highest BCUT2D eigenvalue weighted by Gasteiger charge is 2.35. The lowest BCUT2D eigenvalue weighted by Crippen LogP contribution is -2.22. The second kappa shape index (κ2) is 7.28. The number of nitrogens with zero attached hydrogens (tertiary/aromatic N) is 1. The topological polar surface area (TPSA) is 51.2 Å². The molecule has 0 saturated heterocycles. The molecule has 142 valence electrons. The normalized spacial score (nSPS) is 19.3. The van der Waals surface area contributed by atoms with Crippen molar-refractivity contribution < 1.29 is 13.9 Å². The molecule has 1 aliphatic heterocycles. The molecule has 1 aromatic heterocycles. The lowest BCUT2D eigenvalue weighted by molar-refractivity contribution is -0.109. The van der Waals surface area contributed by atoms with Crippen molar-refractivity contribution in [2.45, 2.75) is 31.6 Å². The number of pyridine rings is 1. The van der Waals surface area contributed by atoms with Crippen molar-refractivity contribution >= 4 is 29.6 Å². The van der Waals surface area contributed by atoms with Gasteiger partial charge in [-0.1, -0.05) is 30.1 Å². The Bertz CT molecular complexity index is 879. The van der Waals surface area contributed by atoms with E-state index in [-0.39, 0.29) is 21.9 Å². The fourth-order valence-corrected chi connectivity index (χ4v) is 4.14. The highest BCUT2D eigenvalue weighted by molar-refractivity contribution is 6.35. The van der Waals surface area contributed by atoms with Gasteiger partial charge in [-0.05, 0) is 37.0 Å². The first kappa shape index (κ1) is 18.5. The van der Waals surface area contributed by atoms with Gasteiger partial charge in [0.1, 0.15) is 11.4 Å². The Morgan fingerprint density at radius 1 is 1.33 bits per heavy atom. The molecule has 4 rings (SSSR count). The van der Waals surface area contributed by atoms with Gasteiger partial charge in [-0.15, -0.1) is 0 Å². The molecular formula is C20H19Cl2FN2O2. The number of ether oxygens (including phenoxy) is 1. The van der Waals surface area contributed by atoms with Crippen molar-refractivity contribution in [3.63, 3.8) is 0 Å². The molecule has 1 fully saturated rings. The Kier molecular flexibility index (Phi) is 4.99. The summed E-state index contributed by atoms with van der Waals surface area (Å²) in [5.41, 5.74) is 3.22. The molecule has 7 heteroatoms. The Balaban J connectivity index is 1.85. The van der Waals surface area contributed by atoms with Gasteiger partial charge in [-0.3, -0.25) is 4.79 Å². The standard InChI is InChI=1S/C20H19Cl2FN2O2/c1-10-8-27-20-13(10)6-17(14(7-24-9-26)11-2-3-11)25-19(20)12-4-15(21)18(23)16(22)5-12/h4-6,9-11,14H,2-3,7-8H2,1H3,(H,24,26). The van der Waals surface area contributed by atoms with Gasteiger partial charge in [-0.2, -0.15) is 0 Å². The van der Waals surface area contributed by atoms with Crippen LogP contribution in [0.25, 0.3) is 11.3 Å². The van der Waals surface area contributed by atoms with Gasteiger partial charge in [-0.25, -0.2) is 9.37 Å². The summed E-state index contributed by atoms with van der Waals surface area (Å²) in [7, 11) is 0. The van der Waals surface area contributed by atoms with E-state index in [2.05, 4.69) is 18.3 Å². The Hall–Kier alpha value is -1.85. The first-order valence-corrected chi connectivity index (χ1v) is 9.74. The summed E-state index contributed by atoms with van der Waals surface area (Å²) in [5.74, 6) is 0.927. The minimum absolute atomic E-state index is 0.0501. The molecule has 27 heavy (non-hydrogen) atoms. The smallest absolute Gasteiger partial charge is 0.207 e. The molecule has 2 heterocycles. The first-order valence-electron chi connectivity index (χ1n) is 8.99. The molecule has 0 bridgehead atoms. The highest BCUT2D eigenvalue weighted by atomic mass is 35.5. The summed E-state index contributed by atoms with van der Waals surface area (Å²) < 4.78 is 19.8. The quantitative estimate of drug-likeness (QED) is 0.544. The number of fused-ring (bicyclic) bond motifs is 1. The van der Waals surface area contributed by atoms with Gasteiger partial charge < -0.3 is 10.1 Å². The van der Waals surface area contributed by atoms with Crippen LogP contribution >= 0.6 is 23.2 Å². The molecule has 1 saturated carbocycles. The number of halogens is 3. The minimum Gasteiger partial charge on any atom is -0.490 e. The number of carbonyl (C=O) groups is 1. The van der Waals surface area contributed by atoms with Gasteiger partial charge in [0.2, 0.25) is 6.41 Å². The van der Waals surface area contributed by atoms with E-state index < -0.39 is 5.82 Å². The van der Waals surface area contributed by atoms with Crippen molar-refractivity contribution in [2.24, 2.45) is 5.92 Å². The van der Waals surface area contributed by atoms with E-state index in [1.54, 1.807) is 0 Å². The van der Waals surface area contributed by atoms with E-state index in [0.717, 1.165) is 30.5 Å². The zero-order valence-electron chi connectivity index (χ0n) is 14.8. The van der Waals surface area contributed by atoms with E-state index in [4.69, 9.17) is 32.9 Å². The van der Waals surface area contributed by atoms with Gasteiger partial charge in [0, 0.05) is 35.2 Å². The summed E-state index contributed by atoms with van der Waals surface area (Å²) >= 11 is 12.0. The summed E-state index contributed by atoms with van der Waals surface area (Å²) in [4.78, 5) is 15.7. The van der Waals surface area contributed by atoms with E-state index in [0.29, 0.717) is 36.1 Å². The largest absolute Gasteiger partial charge is 0.490 e. The molecule has 0 radical (unpaired) electrons. The van der Waals surface area contributed by atoms with Crippen LogP contribution in [-0.4, -0.2) is 24.5 Å². The molecule has 1 amide bonds. The van der Waals surface area contributed by atoms with Gasteiger partial charge >= 0.3 is 0 Å². The van der Waals surface area contributed by atoms with Crippen molar-refractivity contribution in [1.82, 2.24) is 10.3 Å². The van der Waals surface area contributed by atoms with E-state index >= 15 is 0 Å². The van der Waals surface area contributed by atoms with Crippen LogP contribution in [0.1, 0.15) is 42.9 Å². The molecule has 0 spiro atoms. The molecule has 2 aromatic rings. The third-order valence-corrected chi connectivity index (χ3v) is 5.83. The fraction of sp³-hybridized carbons (Fsp3) is 0.400. The number of benzene rings is 1. The second-order valence-electron chi connectivity index (χ2n) is 7.25. The zero-order valence-corrected chi connectivity index (χ0v) is 16.3. The van der Waals surface area contributed by atoms with Crippen molar-refractivity contribution in [3.8, 4) is 17.0 Å². The van der Waals surface area contributed by atoms with Crippen LogP contribution in [0.15, 0.2) is 18.2 Å². The SMILES string of the molecule is CC1COc2c1cc(C(CNC=O)C1CC1)nc2-c1cc(Cl)c(F)c(Cl)c1. The summed E-state index contributed by atoms with van der Waals surface area (Å²) in [6, 6.07) is 5.13. The van der Waals surface area contributed by atoms with Crippen LogP contribution in [-0.2, 0) is 4.79 Å². The fourth-order valence-electron chi connectivity index (χ4n) is 3.65. The van der Waals surface area contributed by atoms with E-state index in [9.17, 15) is 9.18 Å². The Morgan fingerprint density at radius 3 is 2.67 bits per heavy atom. The predicted octanol–water partition coefficient (Wildman–Crippen LogP) is 4.93. The maximum atomic E-state index is 13.9. The maximum absolute atomic E-state index is 13.9. The zero-order chi connectivity index (χ0) is 19.1. The molecule has 1 aliphatic carbocycles. The maximum Gasteiger partial charge on any atom is 0.207 e. The van der Waals surface area contributed by atoms with Crippen LogP contribution in [0.2, 0.25) is 10.0 Å². The number of rotatable bonds is 6. The number of nitrogens with one attached hydrogen (secondary N) is 1. The van der Waals surface area contributed by atoms with Crippen LogP contribution in [0.5, 0.6) is 5.75 Å². The number of amides is 1. The lowest BCUT2D eigenvalue weighted by Gasteiger charge is -2.19. The predicted molar refractivity (Wildman–Crippen MR) is 103 cm³/mol. The average Bonchev–Trinajstić information content (AvgIpc) is 3.42. The lowest BCUT2D eigenvalue weighted by atomic mass is 9.93. The summed E-state index contributed by atoms with van der Waals surface area (Å²) in [6.45, 7) is 3.20. The average molecular weight is 409 g/mol. The van der Waals surface area contributed by atoms with Crippen LogP contribution in [0.3, 0.4) is 0 Å². The molecule has 2 aliphatic rings. The monoisotopic (exact) mass is 408 g/mol. The minimum atomic E-state index is -0.643. The van der Waals surface area contributed by atoms with E-state index in [1.807, 2.05) is 0 Å². The third-order valence-electron chi connectivity index (χ3n) is 5.28. The Morgan fingerprint density at radius 2 is 2.04 bits per heavy atom. The van der Waals surface area contributed by atoms with Crippen LogP contribution < -0.4 is 10.1 Å². The Labute approximate surface area is 167 Å². The van der Waals surface area contributed by atoms with Gasteiger partial charge in [0.15, 0.2) is 5.82 Å². The molecule has 2 unspecified atom stereocenters. The summed E-state index contributed by atoms with van der Waals surface area (Å²) in [6.07, 6.45) is 2.97. The number of carbonyl (C=O) groups excluding carboxylic acids is 1. The van der Waals surface area contributed by atoms with Crippen molar-refractivity contribution in [3.05, 3.63) is 45.3 Å². The van der Waals surface area contributed by atoms with E-state index in [1.165, 1.54) is 12.1 Å². The first-order chi connectivity index (χ1) is 13.0. The van der Waals surface area contributed by atoms with Gasteiger partial charge in [0.05, 0.1) is 16.7 Å².